The molecule has 0 fully saturated rings. The van der Waals surface area contributed by atoms with Crippen LogP contribution < -0.4 is 4.90 Å². The maximum Gasteiger partial charge on any atom is 0.345 e. The van der Waals surface area contributed by atoms with Gasteiger partial charge in [0.15, 0.2) is 0 Å². The van der Waals surface area contributed by atoms with Gasteiger partial charge in [0.05, 0.1) is 37.0 Å². The summed E-state index contributed by atoms with van der Waals surface area (Å²) in [7, 11) is 2.48. The maximum absolute atomic E-state index is 13.0. The number of fused-ring (bicyclic) bond motifs is 3. The summed E-state index contributed by atoms with van der Waals surface area (Å²) < 4.78 is 14.2. The van der Waals surface area contributed by atoms with Crippen LogP contribution in [0.1, 0.15) is 33.3 Å². The van der Waals surface area contributed by atoms with E-state index in [4.69, 9.17) is 14.2 Å². The molecule has 0 aromatic heterocycles. The molecule has 1 amide bonds. The zero-order valence-electron chi connectivity index (χ0n) is 20.6. The van der Waals surface area contributed by atoms with Crippen molar-refractivity contribution in [3.05, 3.63) is 55.5 Å². The first kappa shape index (κ1) is 26.4. The van der Waals surface area contributed by atoms with E-state index < -0.39 is 27.5 Å². The minimum Gasteiger partial charge on any atom is -0.465 e. The molecule has 1 aromatic rings. The van der Waals surface area contributed by atoms with E-state index in [9.17, 15) is 19.2 Å². The molecule has 8 nitrogen and oxygen atoms in total. The maximum atomic E-state index is 13.0. The molecule has 3 heterocycles. The van der Waals surface area contributed by atoms with Crippen LogP contribution in [0.2, 0.25) is 0 Å². The summed E-state index contributed by atoms with van der Waals surface area (Å²) in [6, 6.07) is 7.48. The molecule has 0 radical (unpaired) electrons. The Balaban J connectivity index is 2.02. The molecule has 0 saturated carbocycles. The topological polar surface area (TPSA) is 99.2 Å². The summed E-state index contributed by atoms with van der Waals surface area (Å²) in [6.07, 6.45) is 1.74. The van der Waals surface area contributed by atoms with Crippen molar-refractivity contribution in [2.24, 2.45) is 0 Å². The number of thioether (sulfide) groups is 3. The van der Waals surface area contributed by atoms with Crippen molar-refractivity contribution < 1.29 is 33.4 Å². The summed E-state index contributed by atoms with van der Waals surface area (Å²) in [6.45, 7) is 7.22. The smallest absolute Gasteiger partial charge is 0.345 e. The molecule has 0 bridgehead atoms. The molecule has 3 aliphatic rings. The van der Waals surface area contributed by atoms with E-state index in [0.29, 0.717) is 10.6 Å². The van der Waals surface area contributed by atoms with Gasteiger partial charge in [-0.05, 0) is 32.9 Å². The molecule has 3 aliphatic heterocycles. The van der Waals surface area contributed by atoms with Crippen LogP contribution in [0.4, 0.5) is 5.69 Å². The molecule has 1 spiro atoms. The molecular weight excluding hydrogens is 522 g/mol. The summed E-state index contributed by atoms with van der Waals surface area (Å²) in [5.74, 6) is -2.03. The highest BCUT2D eigenvalue weighted by Gasteiger charge is 2.56. The van der Waals surface area contributed by atoms with E-state index in [1.54, 1.807) is 17.9 Å². The Bertz CT molecular complexity index is 1250. The minimum atomic E-state index is -1.09. The van der Waals surface area contributed by atoms with Gasteiger partial charge in [0.1, 0.15) is 13.9 Å². The normalized spacial score (nSPS) is 19.4. The van der Waals surface area contributed by atoms with Gasteiger partial charge in [0, 0.05) is 23.0 Å². The highest BCUT2D eigenvalue weighted by Crippen LogP contribution is 2.68. The highest BCUT2D eigenvalue weighted by atomic mass is 32.2. The standard InChI is InChI=1S/C25H25NO7S3/c1-7-33-21(28)16-12-25(35-18(22(29)31-5)19(36-25)23(30)32-6)17-14-10-8-9-11-15(14)26(13(2)27)24(3,4)20(17)34-16/h8-12H,7H2,1-6H3. The zero-order valence-corrected chi connectivity index (χ0v) is 23.1. The lowest BCUT2D eigenvalue weighted by molar-refractivity contribution is -0.138. The minimum absolute atomic E-state index is 0.0943. The van der Waals surface area contributed by atoms with Gasteiger partial charge in [0.2, 0.25) is 5.91 Å². The predicted octanol–water partition coefficient (Wildman–Crippen LogP) is 4.47. The van der Waals surface area contributed by atoms with E-state index in [-0.39, 0.29) is 22.3 Å². The third-order valence-electron chi connectivity index (χ3n) is 5.88. The second-order valence-corrected chi connectivity index (χ2v) is 12.3. The molecular formula is C25H25NO7S3. The van der Waals surface area contributed by atoms with Gasteiger partial charge in [-0.25, -0.2) is 14.4 Å². The van der Waals surface area contributed by atoms with Crippen LogP contribution in [0.3, 0.4) is 0 Å². The molecule has 1 aromatic carbocycles. The van der Waals surface area contributed by atoms with Gasteiger partial charge in [-0.3, -0.25) is 4.79 Å². The number of benzene rings is 1. The summed E-state index contributed by atoms with van der Waals surface area (Å²) in [5, 5.41) is 0. The summed E-state index contributed by atoms with van der Waals surface area (Å²) >= 11 is 3.49. The van der Waals surface area contributed by atoms with Crippen LogP contribution in [0, 0.1) is 0 Å². The molecule has 190 valence electrons. The van der Waals surface area contributed by atoms with E-state index >= 15 is 0 Å². The number of anilines is 1. The lowest BCUT2D eigenvalue weighted by Crippen LogP contribution is -2.52. The van der Waals surface area contributed by atoms with Crippen molar-refractivity contribution in [2.45, 2.75) is 37.3 Å². The Hall–Kier alpha value is -2.63. The number of methoxy groups -OCH3 is 2. The van der Waals surface area contributed by atoms with E-state index in [0.717, 1.165) is 39.6 Å². The first-order chi connectivity index (χ1) is 17.0. The molecule has 11 heteroatoms. The second-order valence-electron chi connectivity index (χ2n) is 8.48. The number of carbonyl (C=O) groups excluding carboxylic acids is 4. The Morgan fingerprint density at radius 3 is 2.06 bits per heavy atom. The predicted molar refractivity (Wildman–Crippen MR) is 142 cm³/mol. The summed E-state index contributed by atoms with van der Waals surface area (Å²) in [4.78, 5) is 54.3. The fourth-order valence-corrected chi connectivity index (χ4v) is 9.30. The number of hydrogen-bond acceptors (Lipinski definition) is 10. The van der Waals surface area contributed by atoms with Crippen molar-refractivity contribution in [3.8, 4) is 0 Å². The van der Waals surface area contributed by atoms with Crippen LogP contribution in [0.15, 0.2) is 50.0 Å². The first-order valence-corrected chi connectivity index (χ1v) is 13.5. The summed E-state index contributed by atoms with van der Waals surface area (Å²) in [5.41, 5.74) is 1.42. The molecule has 0 atom stereocenters. The molecule has 0 N–H and O–H groups in total. The van der Waals surface area contributed by atoms with Gasteiger partial charge >= 0.3 is 17.9 Å². The average Bonchev–Trinajstić information content (AvgIpc) is 3.22. The second kappa shape index (κ2) is 9.68. The number of para-hydroxylation sites is 1. The van der Waals surface area contributed by atoms with Crippen LogP contribution in [0.5, 0.6) is 0 Å². The van der Waals surface area contributed by atoms with Crippen LogP contribution in [-0.2, 0) is 33.4 Å². The van der Waals surface area contributed by atoms with Gasteiger partial charge in [-0.15, -0.1) is 0 Å². The SMILES string of the molecule is CCOC(=O)C1=CC2(SC(C(=O)OC)=C(C(=O)OC)S2)C2=C(S1)C(C)(C)N(C(C)=O)c1ccccc12. The molecule has 4 rings (SSSR count). The largest absolute Gasteiger partial charge is 0.465 e. The van der Waals surface area contributed by atoms with Crippen molar-refractivity contribution in [1.29, 1.82) is 0 Å². The fourth-order valence-electron chi connectivity index (χ4n) is 4.51. The molecule has 0 saturated heterocycles. The lowest BCUT2D eigenvalue weighted by atomic mass is 9.85. The Morgan fingerprint density at radius 1 is 0.944 bits per heavy atom. The van der Waals surface area contributed by atoms with Crippen LogP contribution >= 0.6 is 35.3 Å². The highest BCUT2D eigenvalue weighted by molar-refractivity contribution is 8.26. The Morgan fingerprint density at radius 2 is 1.53 bits per heavy atom. The van der Waals surface area contributed by atoms with Gasteiger partial charge in [-0.1, -0.05) is 53.5 Å². The number of esters is 3. The monoisotopic (exact) mass is 547 g/mol. The number of hydrogen-bond donors (Lipinski definition) is 0. The van der Waals surface area contributed by atoms with Gasteiger partial charge in [0.25, 0.3) is 0 Å². The van der Waals surface area contributed by atoms with E-state index in [2.05, 4.69) is 0 Å². The van der Waals surface area contributed by atoms with Gasteiger partial charge < -0.3 is 19.1 Å². The number of rotatable bonds is 4. The Labute approximate surface area is 221 Å². The van der Waals surface area contributed by atoms with E-state index in [1.807, 2.05) is 38.1 Å². The number of carbonyl (C=O) groups is 4. The molecule has 0 aliphatic carbocycles. The number of ether oxygens (including phenoxy) is 3. The van der Waals surface area contributed by atoms with Crippen molar-refractivity contribution in [3.63, 3.8) is 0 Å². The van der Waals surface area contributed by atoms with Crippen LogP contribution in [-0.4, -0.2) is 54.3 Å². The van der Waals surface area contributed by atoms with Crippen LogP contribution in [0.25, 0.3) is 5.57 Å². The average molecular weight is 548 g/mol. The zero-order chi connectivity index (χ0) is 26.4. The van der Waals surface area contributed by atoms with Crippen molar-refractivity contribution >= 4 is 70.4 Å². The van der Waals surface area contributed by atoms with Crippen molar-refractivity contribution in [1.82, 2.24) is 0 Å². The number of nitrogens with zero attached hydrogens (tertiary/aromatic N) is 1. The van der Waals surface area contributed by atoms with E-state index in [1.165, 1.54) is 32.9 Å². The fraction of sp³-hybridized carbons (Fsp3) is 0.360. The quantitative estimate of drug-likeness (QED) is 0.397. The third-order valence-corrected chi connectivity index (χ3v) is 10.3. The van der Waals surface area contributed by atoms with Gasteiger partial charge in [-0.2, -0.15) is 0 Å². The Kier molecular flexibility index (Phi) is 7.11. The number of amides is 1. The molecule has 0 unspecified atom stereocenters. The first-order valence-electron chi connectivity index (χ1n) is 11.0. The van der Waals surface area contributed by atoms with Crippen molar-refractivity contribution in [2.75, 3.05) is 25.7 Å². The third kappa shape index (κ3) is 4.06. The molecule has 36 heavy (non-hydrogen) atoms. The lowest BCUT2D eigenvalue weighted by Gasteiger charge is -2.49.